The number of carbonyl (C=O) groups excluding carboxylic acids is 2. The first kappa shape index (κ1) is 23.7. The number of fused-ring (bicyclic) bond motifs is 1. The molecule has 4 rings (SSSR count). The Morgan fingerprint density at radius 2 is 1.91 bits per heavy atom. The molecule has 1 saturated carbocycles. The highest BCUT2D eigenvalue weighted by atomic mass is 32.1. The van der Waals surface area contributed by atoms with Gasteiger partial charge in [0.2, 0.25) is 11.8 Å². The summed E-state index contributed by atoms with van der Waals surface area (Å²) in [6, 6.07) is 7.78. The maximum atomic E-state index is 13.5. The van der Waals surface area contributed by atoms with Gasteiger partial charge >= 0.3 is 0 Å². The fraction of sp³-hybridized carbons (Fsp3) is 0.538. The predicted octanol–water partition coefficient (Wildman–Crippen LogP) is 5.07. The van der Waals surface area contributed by atoms with Gasteiger partial charge in [-0.05, 0) is 66.5 Å². The van der Waals surface area contributed by atoms with Crippen molar-refractivity contribution in [2.75, 3.05) is 26.2 Å². The number of rotatable bonds is 8. The average Bonchev–Trinajstić information content (AvgIpc) is 3.49. The van der Waals surface area contributed by atoms with Crippen LogP contribution in [0.4, 0.5) is 4.39 Å². The molecule has 1 atom stereocenters. The Morgan fingerprint density at radius 1 is 1.18 bits per heavy atom. The molecular formula is C26H33FN2O3S. The van der Waals surface area contributed by atoms with E-state index in [1.807, 2.05) is 4.90 Å². The molecule has 1 aromatic carbocycles. The summed E-state index contributed by atoms with van der Waals surface area (Å²) in [5, 5.41) is 2.05. The summed E-state index contributed by atoms with van der Waals surface area (Å²) in [5.74, 6) is 0.705. The van der Waals surface area contributed by atoms with Crippen LogP contribution in [0.2, 0.25) is 0 Å². The zero-order valence-corrected chi connectivity index (χ0v) is 20.3. The van der Waals surface area contributed by atoms with Crippen LogP contribution in [0, 0.1) is 17.7 Å². The van der Waals surface area contributed by atoms with Crippen molar-refractivity contribution in [2.45, 2.75) is 52.0 Å². The number of hydrogen-bond acceptors (Lipinski definition) is 4. The van der Waals surface area contributed by atoms with Crippen molar-refractivity contribution in [1.82, 2.24) is 9.80 Å². The van der Waals surface area contributed by atoms with E-state index in [1.54, 1.807) is 28.4 Å². The molecule has 1 aromatic heterocycles. The van der Waals surface area contributed by atoms with E-state index < -0.39 is 0 Å². The van der Waals surface area contributed by atoms with Gasteiger partial charge in [0.25, 0.3) is 0 Å². The van der Waals surface area contributed by atoms with Gasteiger partial charge in [0.05, 0.1) is 12.6 Å². The Morgan fingerprint density at radius 3 is 2.61 bits per heavy atom. The van der Waals surface area contributed by atoms with Crippen molar-refractivity contribution in [3.8, 4) is 5.75 Å². The normalized spacial score (nSPS) is 18.4. The topological polar surface area (TPSA) is 49.9 Å². The number of halogens is 1. The van der Waals surface area contributed by atoms with Gasteiger partial charge in [-0.15, -0.1) is 11.3 Å². The van der Waals surface area contributed by atoms with Crippen LogP contribution in [0.3, 0.4) is 0 Å². The second-order valence-electron chi connectivity index (χ2n) is 9.51. The number of nitrogens with zero attached hydrogens (tertiary/aromatic N) is 2. The Bertz CT molecular complexity index is 953. The monoisotopic (exact) mass is 472 g/mol. The smallest absolute Gasteiger partial charge is 0.242 e. The lowest BCUT2D eigenvalue weighted by molar-refractivity contribution is -0.145. The number of hydrogen-bond donors (Lipinski definition) is 0. The molecule has 0 saturated heterocycles. The zero-order valence-electron chi connectivity index (χ0n) is 19.5. The molecule has 0 radical (unpaired) electrons. The Labute approximate surface area is 199 Å². The van der Waals surface area contributed by atoms with Crippen LogP contribution in [0.5, 0.6) is 5.75 Å². The summed E-state index contributed by atoms with van der Waals surface area (Å²) in [4.78, 5) is 31.6. The standard InChI is InChI=1S/C26H33FN2O3S/c1-18(2)15-28(26(31)19-5-3-4-6-19)16-25(30)29-13-11-24-22(12-14-33-24)23(29)17-32-21-9-7-20(27)8-10-21/h7-10,12,14,18-19,23H,3-6,11,13,15-17H2,1-2H3/t23-/m1/s1. The molecule has 2 aliphatic rings. The van der Waals surface area contributed by atoms with Crippen LogP contribution >= 0.6 is 11.3 Å². The molecule has 1 fully saturated rings. The Hall–Kier alpha value is -2.41. The van der Waals surface area contributed by atoms with Gasteiger partial charge in [0.1, 0.15) is 18.2 Å². The van der Waals surface area contributed by atoms with Crippen LogP contribution in [-0.2, 0) is 16.0 Å². The molecule has 7 heteroatoms. The number of amides is 2. The van der Waals surface area contributed by atoms with E-state index in [-0.39, 0.29) is 36.1 Å². The Balaban J connectivity index is 1.49. The van der Waals surface area contributed by atoms with Crippen LogP contribution in [-0.4, -0.2) is 47.9 Å². The summed E-state index contributed by atoms with van der Waals surface area (Å²) in [7, 11) is 0. The lowest BCUT2D eigenvalue weighted by atomic mass is 10.00. The van der Waals surface area contributed by atoms with Gasteiger partial charge in [-0.25, -0.2) is 4.39 Å². The molecule has 2 amide bonds. The number of benzene rings is 1. The van der Waals surface area contributed by atoms with Gasteiger partial charge in [-0.2, -0.15) is 0 Å². The molecule has 33 heavy (non-hydrogen) atoms. The van der Waals surface area contributed by atoms with E-state index in [0.717, 1.165) is 37.7 Å². The lowest BCUT2D eigenvalue weighted by Crippen LogP contribution is -2.49. The minimum absolute atomic E-state index is 0.0356. The fourth-order valence-electron chi connectivity index (χ4n) is 4.94. The maximum absolute atomic E-state index is 13.5. The van der Waals surface area contributed by atoms with Crippen LogP contribution in [0.1, 0.15) is 56.0 Å². The molecular weight excluding hydrogens is 439 g/mol. The van der Waals surface area contributed by atoms with Crippen molar-refractivity contribution in [1.29, 1.82) is 0 Å². The highest BCUT2D eigenvalue weighted by Crippen LogP contribution is 2.34. The van der Waals surface area contributed by atoms with Gasteiger partial charge in [-0.3, -0.25) is 9.59 Å². The average molecular weight is 473 g/mol. The minimum atomic E-state index is -0.311. The summed E-state index contributed by atoms with van der Waals surface area (Å²) >= 11 is 1.70. The van der Waals surface area contributed by atoms with Crippen molar-refractivity contribution < 1.29 is 18.7 Å². The van der Waals surface area contributed by atoms with Crippen molar-refractivity contribution in [3.05, 3.63) is 52.0 Å². The SMILES string of the molecule is CC(C)CN(CC(=O)N1CCc2sccc2[C@H]1COc1ccc(F)cc1)C(=O)C1CCCC1. The van der Waals surface area contributed by atoms with E-state index in [4.69, 9.17) is 4.74 Å². The third-order valence-electron chi connectivity index (χ3n) is 6.56. The molecule has 0 spiro atoms. The molecule has 2 heterocycles. The minimum Gasteiger partial charge on any atom is -0.491 e. The summed E-state index contributed by atoms with van der Waals surface area (Å²) in [6.07, 6.45) is 4.85. The van der Waals surface area contributed by atoms with E-state index in [1.165, 1.54) is 17.0 Å². The van der Waals surface area contributed by atoms with Crippen LogP contribution in [0.15, 0.2) is 35.7 Å². The lowest BCUT2D eigenvalue weighted by Gasteiger charge is -2.37. The third kappa shape index (κ3) is 5.75. The van der Waals surface area contributed by atoms with Gasteiger partial charge in [0.15, 0.2) is 0 Å². The van der Waals surface area contributed by atoms with E-state index in [9.17, 15) is 14.0 Å². The molecule has 2 aromatic rings. The molecule has 1 aliphatic heterocycles. The zero-order chi connectivity index (χ0) is 23.4. The number of carbonyl (C=O) groups is 2. The van der Waals surface area contributed by atoms with E-state index in [2.05, 4.69) is 25.3 Å². The quantitative estimate of drug-likeness (QED) is 0.539. The molecule has 0 unspecified atom stereocenters. The molecule has 1 aliphatic carbocycles. The first-order valence-electron chi connectivity index (χ1n) is 11.9. The summed E-state index contributed by atoms with van der Waals surface area (Å²) in [6.45, 7) is 5.77. The van der Waals surface area contributed by atoms with Gasteiger partial charge in [0, 0.05) is 23.9 Å². The summed E-state index contributed by atoms with van der Waals surface area (Å²) < 4.78 is 19.2. The van der Waals surface area contributed by atoms with Gasteiger partial charge < -0.3 is 14.5 Å². The maximum Gasteiger partial charge on any atom is 0.242 e. The Kier molecular flexibility index (Phi) is 7.68. The molecule has 0 bridgehead atoms. The first-order valence-corrected chi connectivity index (χ1v) is 12.8. The largest absolute Gasteiger partial charge is 0.491 e. The molecule has 0 N–H and O–H groups in total. The second-order valence-corrected chi connectivity index (χ2v) is 10.5. The highest BCUT2D eigenvalue weighted by Gasteiger charge is 2.35. The van der Waals surface area contributed by atoms with E-state index >= 15 is 0 Å². The first-order chi connectivity index (χ1) is 15.9. The van der Waals surface area contributed by atoms with Crippen molar-refractivity contribution >= 4 is 23.2 Å². The van der Waals surface area contributed by atoms with E-state index in [0.29, 0.717) is 31.4 Å². The fourth-order valence-corrected chi connectivity index (χ4v) is 5.87. The number of thiophene rings is 1. The van der Waals surface area contributed by atoms with Crippen molar-refractivity contribution in [3.63, 3.8) is 0 Å². The number of ether oxygens (including phenoxy) is 1. The predicted molar refractivity (Wildman–Crippen MR) is 128 cm³/mol. The molecule has 178 valence electrons. The second kappa shape index (κ2) is 10.7. The summed E-state index contributed by atoms with van der Waals surface area (Å²) in [5.41, 5.74) is 1.11. The van der Waals surface area contributed by atoms with Crippen molar-refractivity contribution in [2.24, 2.45) is 11.8 Å². The van der Waals surface area contributed by atoms with Gasteiger partial charge in [-0.1, -0.05) is 26.7 Å². The highest BCUT2D eigenvalue weighted by molar-refractivity contribution is 7.10. The molecule has 5 nitrogen and oxygen atoms in total. The third-order valence-corrected chi connectivity index (χ3v) is 7.56. The van der Waals surface area contributed by atoms with Crippen LogP contribution in [0.25, 0.3) is 0 Å². The van der Waals surface area contributed by atoms with Crippen LogP contribution < -0.4 is 4.74 Å².